The summed E-state index contributed by atoms with van der Waals surface area (Å²) in [6.45, 7) is 13.3. The zero-order valence-electron chi connectivity index (χ0n) is 20.0. The van der Waals surface area contributed by atoms with Crippen molar-refractivity contribution in [2.75, 3.05) is 7.11 Å². The molecule has 0 aliphatic carbocycles. The van der Waals surface area contributed by atoms with E-state index in [0.717, 1.165) is 12.0 Å². The van der Waals surface area contributed by atoms with Crippen LogP contribution < -0.4 is 0 Å². The monoisotopic (exact) mass is 476 g/mol. The van der Waals surface area contributed by atoms with Gasteiger partial charge in [-0.3, -0.25) is 9.78 Å². The van der Waals surface area contributed by atoms with Gasteiger partial charge in [0.1, 0.15) is 11.9 Å². The minimum absolute atomic E-state index is 0.100. The van der Waals surface area contributed by atoms with Crippen LogP contribution in [0.25, 0.3) is 11.1 Å². The summed E-state index contributed by atoms with van der Waals surface area (Å²) in [4.78, 5) is 16.9. The summed E-state index contributed by atoms with van der Waals surface area (Å²) in [7, 11) is -1.15. The Morgan fingerprint density at radius 1 is 1.27 bits per heavy atom. The molecule has 0 bridgehead atoms. The molecule has 2 aromatic rings. The number of carbonyl (C=O) groups is 1. The first kappa shape index (κ1) is 26.8. The number of aromatic nitrogens is 1. The number of carbonyl (C=O) groups excluding carboxylic acids is 1. The first-order chi connectivity index (χ1) is 15.4. The van der Waals surface area contributed by atoms with Crippen LogP contribution in [0.5, 0.6) is 0 Å². The number of pyridine rings is 1. The fourth-order valence-corrected chi connectivity index (χ4v) is 4.65. The minimum atomic E-state index is -2.44. The molecule has 3 atom stereocenters. The zero-order valence-corrected chi connectivity index (χ0v) is 20.9. The van der Waals surface area contributed by atoms with E-state index in [4.69, 9.17) is 14.2 Å². The lowest BCUT2D eigenvalue weighted by Gasteiger charge is -2.26. The molecule has 0 saturated carbocycles. The maximum absolute atomic E-state index is 13.7. The molecule has 0 saturated heterocycles. The topological polar surface area (TPSA) is 85.7 Å². The quantitative estimate of drug-likeness (QED) is 0.264. The lowest BCUT2D eigenvalue weighted by atomic mass is 9.84. The molecule has 1 heterocycles. The normalized spacial score (nSPS) is 14.0. The summed E-state index contributed by atoms with van der Waals surface area (Å²) in [5, 5.41) is 11.0. The van der Waals surface area contributed by atoms with E-state index in [-0.39, 0.29) is 17.2 Å². The number of benzene rings is 1. The molecular formula is C25H32FNO5P+. The smallest absolute Gasteiger partial charge is 0.435 e. The molecule has 3 unspecified atom stereocenters. The fraction of sp³-hybridized carbons (Fsp3) is 0.440. The van der Waals surface area contributed by atoms with Crippen LogP contribution in [0, 0.1) is 5.82 Å². The molecule has 1 aromatic carbocycles. The average molecular weight is 477 g/mol. The van der Waals surface area contributed by atoms with Crippen LogP contribution in [0.4, 0.5) is 4.39 Å². The third-order valence-corrected chi connectivity index (χ3v) is 6.63. The van der Waals surface area contributed by atoms with Gasteiger partial charge in [0, 0.05) is 16.7 Å². The van der Waals surface area contributed by atoms with E-state index in [1.165, 1.54) is 19.2 Å². The Hall–Kier alpha value is -2.47. The number of aliphatic hydroxyl groups is 1. The van der Waals surface area contributed by atoms with Crippen molar-refractivity contribution >= 4 is 14.0 Å². The molecule has 0 radical (unpaired) electrons. The van der Waals surface area contributed by atoms with E-state index in [9.17, 15) is 18.9 Å². The first-order valence-corrected chi connectivity index (χ1v) is 12.0. The first-order valence-electron chi connectivity index (χ1n) is 10.7. The minimum Gasteiger partial charge on any atom is -0.435 e. The molecule has 6 nitrogen and oxygen atoms in total. The maximum atomic E-state index is 13.7. The van der Waals surface area contributed by atoms with Gasteiger partial charge in [-0.2, -0.15) is 0 Å². The molecule has 0 amide bonds. The maximum Gasteiger partial charge on any atom is 0.518 e. The molecule has 8 heteroatoms. The van der Waals surface area contributed by atoms with Crippen molar-refractivity contribution in [1.82, 2.24) is 4.98 Å². The Morgan fingerprint density at radius 2 is 1.88 bits per heavy atom. The molecule has 178 valence electrons. The Balaban J connectivity index is 2.87. The van der Waals surface area contributed by atoms with E-state index in [0.29, 0.717) is 22.4 Å². The summed E-state index contributed by atoms with van der Waals surface area (Å²) in [5.41, 5.74) is 1.88. The van der Waals surface area contributed by atoms with Gasteiger partial charge in [0.05, 0.1) is 25.5 Å². The molecule has 0 aliphatic heterocycles. The Bertz CT molecular complexity index is 1010. The largest absolute Gasteiger partial charge is 0.518 e. The molecular weight excluding hydrogens is 444 g/mol. The molecule has 0 aliphatic rings. The Morgan fingerprint density at radius 3 is 2.36 bits per heavy atom. The third kappa shape index (κ3) is 6.53. The molecule has 0 spiro atoms. The zero-order chi connectivity index (χ0) is 24.9. The van der Waals surface area contributed by atoms with Crippen molar-refractivity contribution in [3.05, 3.63) is 65.9 Å². The molecule has 33 heavy (non-hydrogen) atoms. The number of esters is 1. The summed E-state index contributed by atoms with van der Waals surface area (Å²) in [6, 6.07) is 7.80. The van der Waals surface area contributed by atoms with Crippen LogP contribution in [0.1, 0.15) is 69.6 Å². The van der Waals surface area contributed by atoms with Crippen molar-refractivity contribution in [2.24, 2.45) is 0 Å². The second-order valence-electron chi connectivity index (χ2n) is 9.11. The van der Waals surface area contributed by atoms with Crippen LogP contribution in [-0.2, 0) is 24.0 Å². The summed E-state index contributed by atoms with van der Waals surface area (Å²) in [6.07, 6.45) is -0.813. The van der Waals surface area contributed by atoms with Crippen molar-refractivity contribution in [2.45, 2.75) is 64.1 Å². The number of halogens is 1. The Labute approximate surface area is 195 Å². The number of rotatable bonds is 9. The van der Waals surface area contributed by atoms with Gasteiger partial charge in [-0.25, -0.2) is 4.39 Å². The van der Waals surface area contributed by atoms with Gasteiger partial charge in [-0.05, 0) is 39.8 Å². The van der Waals surface area contributed by atoms with Crippen molar-refractivity contribution in [3.8, 4) is 11.1 Å². The number of aliphatic hydroxyl groups excluding tert-OH is 1. The average Bonchev–Trinajstić information content (AvgIpc) is 2.73. The van der Waals surface area contributed by atoms with E-state index in [2.05, 4.69) is 6.58 Å². The van der Waals surface area contributed by atoms with Crippen molar-refractivity contribution < 1.29 is 28.1 Å². The highest BCUT2D eigenvalue weighted by Gasteiger charge is 2.45. The van der Waals surface area contributed by atoms with E-state index >= 15 is 0 Å². The van der Waals surface area contributed by atoms with Gasteiger partial charge in [0.15, 0.2) is 0 Å². The molecule has 0 fully saturated rings. The molecule has 1 N–H and O–H groups in total. The van der Waals surface area contributed by atoms with Crippen LogP contribution in [0.15, 0.2) is 43.2 Å². The number of ether oxygens (including phenoxy) is 1. The standard InChI is InChI=1S/C25H32FNO5P/c1-8-32-21(29)14-19(28)24(33(30)31-7)22-18(16-9-11-17(26)12-10-16)13-20(25(4,5)6)27-23(22)15(2)3/h8-13,15,19,24,28H,1,14H2,2-7H3/q+1. The number of hydrogen-bond donors (Lipinski definition) is 1. The second-order valence-corrected chi connectivity index (χ2v) is 10.6. The van der Waals surface area contributed by atoms with Crippen molar-refractivity contribution in [3.63, 3.8) is 0 Å². The van der Waals surface area contributed by atoms with Gasteiger partial charge >= 0.3 is 14.0 Å². The highest BCUT2D eigenvalue weighted by molar-refractivity contribution is 7.39. The van der Waals surface area contributed by atoms with Gasteiger partial charge in [-0.1, -0.05) is 53.3 Å². The summed E-state index contributed by atoms with van der Waals surface area (Å²) < 4.78 is 36.7. The van der Waals surface area contributed by atoms with E-state index in [1.807, 2.05) is 40.7 Å². The van der Waals surface area contributed by atoms with Crippen LogP contribution >= 0.6 is 8.03 Å². The summed E-state index contributed by atoms with van der Waals surface area (Å²) in [5.74, 6) is -1.20. The van der Waals surface area contributed by atoms with Gasteiger partial charge in [0.25, 0.3) is 0 Å². The lowest BCUT2D eigenvalue weighted by Crippen LogP contribution is -2.24. The van der Waals surface area contributed by atoms with Gasteiger partial charge < -0.3 is 9.84 Å². The SMILES string of the molecule is C=COC(=O)CC(O)C(c1c(-c2ccc(F)cc2)cc(C(C)(C)C)nc1C(C)C)[P+](=O)OC. The Kier molecular flexibility index (Phi) is 9.01. The molecule has 2 rings (SSSR count). The van der Waals surface area contributed by atoms with Crippen molar-refractivity contribution in [1.29, 1.82) is 0 Å². The van der Waals surface area contributed by atoms with Gasteiger partial charge in [0.2, 0.25) is 5.66 Å². The summed E-state index contributed by atoms with van der Waals surface area (Å²) >= 11 is 0. The lowest BCUT2D eigenvalue weighted by molar-refractivity contribution is -0.140. The van der Waals surface area contributed by atoms with Crippen LogP contribution in [0.3, 0.4) is 0 Å². The number of nitrogens with zero attached hydrogens (tertiary/aromatic N) is 1. The predicted octanol–water partition coefficient (Wildman–Crippen LogP) is 6.18. The third-order valence-electron chi connectivity index (χ3n) is 5.22. The predicted molar refractivity (Wildman–Crippen MR) is 127 cm³/mol. The highest BCUT2D eigenvalue weighted by Crippen LogP contribution is 2.50. The second kappa shape index (κ2) is 11.1. The highest BCUT2D eigenvalue weighted by atomic mass is 31.1. The van der Waals surface area contributed by atoms with Gasteiger partial charge in [-0.15, -0.1) is 4.52 Å². The molecule has 1 aromatic heterocycles. The van der Waals surface area contributed by atoms with Crippen LogP contribution in [-0.4, -0.2) is 29.3 Å². The van der Waals surface area contributed by atoms with E-state index in [1.54, 1.807) is 12.1 Å². The van der Waals surface area contributed by atoms with Crippen LogP contribution in [0.2, 0.25) is 0 Å². The van der Waals surface area contributed by atoms with E-state index < -0.39 is 32.2 Å². The number of hydrogen-bond acceptors (Lipinski definition) is 6. The fourth-order valence-electron chi connectivity index (χ4n) is 3.55.